The van der Waals surface area contributed by atoms with Gasteiger partial charge in [0.25, 0.3) is 0 Å². The molecule has 0 saturated heterocycles. The van der Waals surface area contributed by atoms with E-state index in [-0.39, 0.29) is 0 Å². The third-order valence-electron chi connectivity index (χ3n) is 4.41. The summed E-state index contributed by atoms with van der Waals surface area (Å²) in [6.45, 7) is 1.24. The molecule has 1 atom stereocenters. The van der Waals surface area contributed by atoms with Crippen molar-refractivity contribution in [2.45, 2.75) is 12.5 Å². The third kappa shape index (κ3) is 5.36. The minimum absolute atomic E-state index is 0.402. The minimum Gasteiger partial charge on any atom is -0.492 e. The number of hydrogen-bond donors (Lipinski definition) is 1. The molecule has 0 fully saturated rings. The molecule has 3 rings (SSSR count). The fourth-order valence-corrected chi connectivity index (χ4v) is 3.19. The Balaban J connectivity index is 1.53. The molecule has 2 heterocycles. The molecule has 0 spiro atoms. The molecule has 0 saturated carbocycles. The Kier molecular flexibility index (Phi) is 6.71. The first kappa shape index (κ1) is 19.9. The van der Waals surface area contributed by atoms with Crippen molar-refractivity contribution in [3.8, 4) is 5.75 Å². The normalized spacial score (nSPS) is 11.8. The number of halogens is 1. The van der Waals surface area contributed by atoms with E-state index >= 15 is 0 Å². The number of carbonyl (C=O) groups is 1. The Morgan fingerprint density at radius 2 is 2.04 bits per heavy atom. The maximum absolute atomic E-state index is 11.6. The van der Waals surface area contributed by atoms with Gasteiger partial charge in [-0.25, -0.2) is 9.78 Å². The number of ether oxygens (including phenoxy) is 1. The van der Waals surface area contributed by atoms with Crippen LogP contribution >= 0.6 is 15.9 Å². The lowest BCUT2D eigenvalue weighted by atomic mass is 10.1. The molecular weight excluding hydrogens is 422 g/mol. The number of benzene rings is 1. The summed E-state index contributed by atoms with van der Waals surface area (Å²) in [6.07, 6.45) is 5.70. The van der Waals surface area contributed by atoms with Gasteiger partial charge in [-0.1, -0.05) is 18.2 Å². The zero-order valence-electron chi connectivity index (χ0n) is 15.5. The summed E-state index contributed by atoms with van der Waals surface area (Å²) in [7, 11) is 1.97. The summed E-state index contributed by atoms with van der Waals surface area (Å²) in [6, 6.07) is 14.5. The smallest absolute Gasteiger partial charge is 0.327 e. The molecule has 28 heavy (non-hydrogen) atoms. The second kappa shape index (κ2) is 9.41. The van der Waals surface area contributed by atoms with E-state index in [2.05, 4.69) is 20.9 Å². The number of carboxylic acid groups (broad SMARTS) is 1. The van der Waals surface area contributed by atoms with Crippen LogP contribution in [0.4, 0.5) is 5.82 Å². The molecule has 2 aromatic heterocycles. The minimum atomic E-state index is -0.860. The number of rotatable bonds is 9. The van der Waals surface area contributed by atoms with Crippen LogP contribution in [0.2, 0.25) is 0 Å². The van der Waals surface area contributed by atoms with Gasteiger partial charge in [-0.2, -0.15) is 0 Å². The van der Waals surface area contributed by atoms with E-state index in [9.17, 15) is 9.90 Å². The zero-order valence-corrected chi connectivity index (χ0v) is 17.1. The van der Waals surface area contributed by atoms with Gasteiger partial charge in [0.1, 0.15) is 24.2 Å². The van der Waals surface area contributed by atoms with Gasteiger partial charge in [-0.3, -0.25) is 0 Å². The lowest BCUT2D eigenvalue weighted by Crippen LogP contribution is -2.24. The average molecular weight is 444 g/mol. The van der Waals surface area contributed by atoms with E-state index in [0.717, 1.165) is 21.6 Å². The Hall–Kier alpha value is -2.80. The lowest BCUT2D eigenvalue weighted by Gasteiger charge is -2.18. The summed E-state index contributed by atoms with van der Waals surface area (Å²) in [4.78, 5) is 18.0. The molecule has 3 aromatic rings. The highest BCUT2D eigenvalue weighted by Crippen LogP contribution is 2.21. The number of anilines is 1. The predicted octanol–water partition coefficient (Wildman–Crippen LogP) is 4.03. The van der Waals surface area contributed by atoms with Gasteiger partial charge in [0.05, 0.1) is 6.54 Å². The van der Waals surface area contributed by atoms with Crippen LogP contribution in [0.15, 0.2) is 71.6 Å². The van der Waals surface area contributed by atoms with Crippen LogP contribution in [0.1, 0.15) is 11.6 Å². The van der Waals surface area contributed by atoms with Gasteiger partial charge < -0.3 is 19.3 Å². The Morgan fingerprint density at radius 3 is 2.64 bits per heavy atom. The van der Waals surface area contributed by atoms with Crippen molar-refractivity contribution in [2.24, 2.45) is 0 Å². The molecule has 1 unspecified atom stereocenters. The highest BCUT2D eigenvalue weighted by Gasteiger charge is 2.19. The van der Waals surface area contributed by atoms with Gasteiger partial charge in [0, 0.05) is 36.5 Å². The van der Waals surface area contributed by atoms with Crippen LogP contribution in [0.5, 0.6) is 5.75 Å². The summed E-state index contributed by atoms with van der Waals surface area (Å²) < 4.78 is 8.35. The molecule has 0 aliphatic heterocycles. The summed E-state index contributed by atoms with van der Waals surface area (Å²) in [5, 5.41) is 9.54. The largest absolute Gasteiger partial charge is 0.492 e. The lowest BCUT2D eigenvalue weighted by molar-refractivity contribution is -0.140. The number of hydrogen-bond acceptors (Lipinski definition) is 4. The monoisotopic (exact) mass is 443 g/mol. The maximum Gasteiger partial charge on any atom is 0.327 e. The summed E-state index contributed by atoms with van der Waals surface area (Å²) in [5.74, 6) is 0.799. The van der Waals surface area contributed by atoms with Gasteiger partial charge in [0.2, 0.25) is 0 Å². The van der Waals surface area contributed by atoms with E-state index < -0.39 is 12.0 Å². The van der Waals surface area contributed by atoms with Crippen molar-refractivity contribution in [1.82, 2.24) is 9.55 Å². The van der Waals surface area contributed by atoms with Crippen molar-refractivity contribution < 1.29 is 14.6 Å². The first-order valence-corrected chi connectivity index (χ1v) is 9.72. The molecule has 0 radical (unpaired) electrons. The quantitative estimate of drug-likeness (QED) is 0.540. The molecule has 1 aromatic carbocycles. The van der Waals surface area contributed by atoms with Crippen molar-refractivity contribution in [3.05, 3.63) is 77.2 Å². The molecular formula is C21H22BrN3O3. The van der Waals surface area contributed by atoms with E-state index in [1.165, 1.54) is 0 Å². The van der Waals surface area contributed by atoms with Gasteiger partial charge in [-0.05, 0) is 51.8 Å². The fourth-order valence-electron chi connectivity index (χ4n) is 2.84. The number of nitrogens with zero attached hydrogens (tertiary/aromatic N) is 3. The molecule has 146 valence electrons. The molecule has 0 bridgehead atoms. The number of aromatic nitrogens is 2. The molecule has 0 aliphatic rings. The van der Waals surface area contributed by atoms with Crippen LogP contribution in [0, 0.1) is 0 Å². The summed E-state index contributed by atoms with van der Waals surface area (Å²) >= 11 is 3.36. The molecule has 7 heteroatoms. The second-order valence-electron chi connectivity index (χ2n) is 6.44. The first-order valence-electron chi connectivity index (χ1n) is 8.92. The van der Waals surface area contributed by atoms with E-state index in [0.29, 0.717) is 19.6 Å². The third-order valence-corrected chi connectivity index (χ3v) is 4.88. The van der Waals surface area contributed by atoms with E-state index in [1.807, 2.05) is 60.5 Å². The highest BCUT2D eigenvalue weighted by molar-refractivity contribution is 9.10. The highest BCUT2D eigenvalue weighted by atomic mass is 79.9. The zero-order chi connectivity index (χ0) is 19.9. The van der Waals surface area contributed by atoms with Crippen LogP contribution < -0.4 is 9.64 Å². The standard InChI is InChI=1S/C21H22BrN3O3/c1-24(20-4-2-3-10-23-20)12-13-28-18-7-5-16(6-8-18)14-19(21(26)27)25-11-9-17(22)15-25/h2-11,15,19H,12-14H2,1H3,(H,26,27). The second-order valence-corrected chi connectivity index (χ2v) is 7.35. The van der Waals surface area contributed by atoms with Crippen molar-refractivity contribution in [3.63, 3.8) is 0 Å². The fraction of sp³-hybridized carbons (Fsp3) is 0.238. The first-order chi connectivity index (χ1) is 13.5. The van der Waals surface area contributed by atoms with Crippen molar-refractivity contribution in [1.29, 1.82) is 0 Å². The van der Waals surface area contributed by atoms with Crippen LogP contribution in [0.25, 0.3) is 0 Å². The van der Waals surface area contributed by atoms with Gasteiger partial charge >= 0.3 is 5.97 Å². The van der Waals surface area contributed by atoms with E-state index in [4.69, 9.17) is 4.74 Å². The van der Waals surface area contributed by atoms with Crippen molar-refractivity contribution in [2.75, 3.05) is 25.1 Å². The van der Waals surface area contributed by atoms with Crippen molar-refractivity contribution >= 4 is 27.7 Å². The summed E-state index contributed by atoms with van der Waals surface area (Å²) in [5.41, 5.74) is 0.940. The van der Waals surface area contributed by atoms with E-state index in [1.54, 1.807) is 23.2 Å². The molecule has 0 amide bonds. The maximum atomic E-state index is 11.6. The number of aliphatic carboxylic acids is 1. The average Bonchev–Trinajstić information content (AvgIpc) is 3.13. The Bertz CT molecular complexity index is 897. The van der Waals surface area contributed by atoms with Gasteiger partial charge in [0.15, 0.2) is 0 Å². The Morgan fingerprint density at radius 1 is 1.25 bits per heavy atom. The molecule has 1 N–H and O–H groups in total. The van der Waals surface area contributed by atoms with Crippen LogP contribution in [-0.4, -0.2) is 40.8 Å². The SMILES string of the molecule is CN(CCOc1ccc(CC(C(=O)O)n2ccc(Br)c2)cc1)c1ccccn1. The number of pyridine rings is 1. The molecule has 6 nitrogen and oxygen atoms in total. The van der Waals surface area contributed by atoms with Crippen LogP contribution in [-0.2, 0) is 11.2 Å². The topological polar surface area (TPSA) is 67.6 Å². The number of likely N-dealkylation sites (N-methyl/N-ethyl adjacent to an activating group) is 1. The molecule has 0 aliphatic carbocycles. The van der Waals surface area contributed by atoms with Crippen LogP contribution in [0.3, 0.4) is 0 Å². The predicted molar refractivity (Wildman–Crippen MR) is 112 cm³/mol. The van der Waals surface area contributed by atoms with Gasteiger partial charge in [-0.15, -0.1) is 0 Å². The Labute approximate surface area is 172 Å². The number of carboxylic acids is 1.